The molecule has 0 saturated heterocycles. The van der Waals surface area contributed by atoms with Gasteiger partial charge in [-0.1, -0.05) is 6.07 Å². The molecule has 0 radical (unpaired) electrons. The van der Waals surface area contributed by atoms with Crippen molar-refractivity contribution in [3.05, 3.63) is 33.9 Å². The maximum atomic E-state index is 12.3. The van der Waals surface area contributed by atoms with Crippen LogP contribution in [0, 0.1) is 10.1 Å². The average molecular weight is 232 g/mol. The molecule has 1 rings (SSSR count). The van der Waals surface area contributed by atoms with Gasteiger partial charge in [0.1, 0.15) is 0 Å². The highest BCUT2D eigenvalue weighted by molar-refractivity contribution is 5.49. The number of nitro benzene ring substituents is 1. The number of methoxy groups -OCH3 is 1. The third-order valence-electron chi connectivity index (χ3n) is 2.06. The molecule has 1 atom stereocenters. The number of hydrogen-bond donors (Lipinski definition) is 1. The molecule has 0 aliphatic rings. The van der Waals surface area contributed by atoms with Crippen LogP contribution in [0.3, 0.4) is 0 Å². The van der Waals surface area contributed by atoms with Gasteiger partial charge in [-0.2, -0.15) is 0 Å². The van der Waals surface area contributed by atoms with Crippen molar-refractivity contribution in [1.29, 1.82) is 0 Å². The number of nitro groups is 1. The Balaban J connectivity index is 3.16. The Morgan fingerprint density at radius 2 is 2.12 bits per heavy atom. The Bertz CT molecular complexity index is 398. The molecule has 0 aliphatic heterocycles. The van der Waals surface area contributed by atoms with Crippen LogP contribution in [0.15, 0.2) is 18.2 Å². The molecule has 0 saturated carbocycles. The first-order valence-electron chi connectivity index (χ1n) is 4.33. The van der Waals surface area contributed by atoms with E-state index >= 15 is 0 Å². The van der Waals surface area contributed by atoms with Gasteiger partial charge in [0.25, 0.3) is 6.43 Å². The first kappa shape index (κ1) is 12.3. The molecule has 7 heteroatoms. The van der Waals surface area contributed by atoms with Gasteiger partial charge in [-0.25, -0.2) is 8.78 Å². The Kier molecular flexibility index (Phi) is 3.73. The zero-order valence-electron chi connectivity index (χ0n) is 8.39. The summed E-state index contributed by atoms with van der Waals surface area (Å²) in [6, 6.07) is 1.98. The second-order valence-electron chi connectivity index (χ2n) is 3.05. The van der Waals surface area contributed by atoms with E-state index in [4.69, 9.17) is 10.5 Å². The fraction of sp³-hybridized carbons (Fsp3) is 0.333. The number of benzene rings is 1. The predicted molar refractivity (Wildman–Crippen MR) is 52.6 cm³/mol. The van der Waals surface area contributed by atoms with Gasteiger partial charge in [0.05, 0.1) is 18.1 Å². The van der Waals surface area contributed by atoms with Gasteiger partial charge in [-0.05, 0) is 11.6 Å². The highest BCUT2D eigenvalue weighted by atomic mass is 19.3. The van der Waals surface area contributed by atoms with E-state index in [9.17, 15) is 18.9 Å². The molecule has 0 amide bonds. The van der Waals surface area contributed by atoms with Crippen molar-refractivity contribution in [1.82, 2.24) is 0 Å². The van der Waals surface area contributed by atoms with Crippen LogP contribution in [0.5, 0.6) is 5.75 Å². The number of rotatable bonds is 4. The number of alkyl halides is 2. The minimum Gasteiger partial charge on any atom is -0.490 e. The maximum Gasteiger partial charge on any atom is 0.311 e. The Morgan fingerprint density at radius 3 is 2.56 bits per heavy atom. The van der Waals surface area contributed by atoms with Crippen LogP contribution < -0.4 is 10.5 Å². The summed E-state index contributed by atoms with van der Waals surface area (Å²) in [5.74, 6) is 0.00946. The maximum absolute atomic E-state index is 12.3. The van der Waals surface area contributed by atoms with E-state index in [0.717, 1.165) is 6.07 Å². The van der Waals surface area contributed by atoms with Crippen LogP contribution in [-0.2, 0) is 0 Å². The molecule has 5 nitrogen and oxygen atoms in total. The first-order valence-corrected chi connectivity index (χ1v) is 4.33. The summed E-state index contributed by atoms with van der Waals surface area (Å²) < 4.78 is 29.3. The van der Waals surface area contributed by atoms with Gasteiger partial charge in [0, 0.05) is 6.07 Å². The third-order valence-corrected chi connectivity index (χ3v) is 2.06. The fourth-order valence-electron chi connectivity index (χ4n) is 1.20. The Labute approximate surface area is 90.0 Å². The summed E-state index contributed by atoms with van der Waals surface area (Å²) in [5.41, 5.74) is 4.81. The standard InChI is InChI=1S/C9H10F2N2O3/c1-16-7-3-2-5(8(12)9(10)11)4-6(7)13(14)15/h2-4,8-9H,12H2,1H3/t8-/m0/s1. The fourth-order valence-corrected chi connectivity index (χ4v) is 1.20. The number of nitrogens with zero attached hydrogens (tertiary/aromatic N) is 1. The minimum atomic E-state index is -2.77. The summed E-state index contributed by atoms with van der Waals surface area (Å²) in [6.45, 7) is 0. The van der Waals surface area contributed by atoms with Gasteiger partial charge in [0.2, 0.25) is 0 Å². The van der Waals surface area contributed by atoms with Crippen LogP contribution in [0.25, 0.3) is 0 Å². The molecule has 0 unspecified atom stereocenters. The highest BCUT2D eigenvalue weighted by Crippen LogP contribution is 2.30. The lowest BCUT2D eigenvalue weighted by Crippen LogP contribution is -2.19. The molecule has 88 valence electrons. The Morgan fingerprint density at radius 1 is 1.50 bits per heavy atom. The van der Waals surface area contributed by atoms with Crippen molar-refractivity contribution in [3.8, 4) is 5.75 Å². The quantitative estimate of drug-likeness (QED) is 0.634. The van der Waals surface area contributed by atoms with Crippen molar-refractivity contribution in [2.24, 2.45) is 5.73 Å². The number of ether oxygens (including phenoxy) is 1. The van der Waals surface area contributed by atoms with E-state index in [2.05, 4.69) is 0 Å². The number of nitrogens with two attached hydrogens (primary N) is 1. The molecule has 0 fully saturated rings. The van der Waals surface area contributed by atoms with Crippen LogP contribution in [0.2, 0.25) is 0 Å². The second kappa shape index (κ2) is 4.84. The summed E-state index contributed by atoms with van der Waals surface area (Å²) >= 11 is 0. The largest absolute Gasteiger partial charge is 0.490 e. The van der Waals surface area contributed by atoms with E-state index in [0.29, 0.717) is 0 Å². The zero-order valence-corrected chi connectivity index (χ0v) is 8.39. The predicted octanol–water partition coefficient (Wildman–Crippen LogP) is 1.87. The van der Waals surface area contributed by atoms with Crippen LogP contribution in [0.4, 0.5) is 14.5 Å². The van der Waals surface area contributed by atoms with Crippen molar-refractivity contribution >= 4 is 5.69 Å². The second-order valence-corrected chi connectivity index (χ2v) is 3.05. The molecule has 1 aromatic carbocycles. The van der Waals surface area contributed by atoms with Crippen molar-refractivity contribution in [2.75, 3.05) is 7.11 Å². The summed E-state index contributed by atoms with van der Waals surface area (Å²) in [4.78, 5) is 9.91. The van der Waals surface area contributed by atoms with Gasteiger partial charge in [-0.3, -0.25) is 10.1 Å². The van der Waals surface area contributed by atoms with E-state index in [1.807, 2.05) is 0 Å². The van der Waals surface area contributed by atoms with Gasteiger partial charge >= 0.3 is 5.69 Å². The molecule has 0 aliphatic carbocycles. The highest BCUT2D eigenvalue weighted by Gasteiger charge is 2.22. The van der Waals surface area contributed by atoms with Crippen molar-refractivity contribution in [2.45, 2.75) is 12.5 Å². The van der Waals surface area contributed by atoms with Crippen molar-refractivity contribution < 1.29 is 18.4 Å². The molecule has 0 heterocycles. The first-order chi connectivity index (χ1) is 7.47. The third kappa shape index (κ3) is 2.43. The molecule has 2 N–H and O–H groups in total. The number of hydrogen-bond acceptors (Lipinski definition) is 4. The Hall–Kier alpha value is -1.76. The van der Waals surface area contributed by atoms with E-state index in [1.54, 1.807) is 0 Å². The van der Waals surface area contributed by atoms with Gasteiger partial charge in [-0.15, -0.1) is 0 Å². The van der Waals surface area contributed by atoms with Gasteiger partial charge in [0.15, 0.2) is 5.75 Å². The molecular formula is C9H10F2N2O3. The van der Waals surface area contributed by atoms with Crippen molar-refractivity contribution in [3.63, 3.8) is 0 Å². The van der Waals surface area contributed by atoms with E-state index in [-0.39, 0.29) is 17.0 Å². The lowest BCUT2D eigenvalue weighted by molar-refractivity contribution is -0.385. The topological polar surface area (TPSA) is 78.4 Å². The lowest BCUT2D eigenvalue weighted by atomic mass is 10.1. The normalized spacial score (nSPS) is 12.6. The van der Waals surface area contributed by atoms with E-state index < -0.39 is 17.4 Å². The average Bonchev–Trinajstić information content (AvgIpc) is 2.26. The minimum absolute atomic E-state index is 0.00231. The summed E-state index contributed by atoms with van der Waals surface area (Å²) in [5, 5.41) is 10.6. The molecular weight excluding hydrogens is 222 g/mol. The van der Waals surface area contributed by atoms with E-state index in [1.165, 1.54) is 19.2 Å². The summed E-state index contributed by atoms with van der Waals surface area (Å²) in [6.07, 6.45) is -2.77. The summed E-state index contributed by atoms with van der Waals surface area (Å²) in [7, 11) is 1.26. The molecule has 16 heavy (non-hydrogen) atoms. The van der Waals surface area contributed by atoms with Crippen LogP contribution in [0.1, 0.15) is 11.6 Å². The van der Waals surface area contributed by atoms with Crippen LogP contribution in [-0.4, -0.2) is 18.5 Å². The molecule has 0 aromatic heterocycles. The molecule has 0 bridgehead atoms. The SMILES string of the molecule is COc1ccc([C@H](N)C(F)F)cc1[N+](=O)[O-]. The molecule has 0 spiro atoms. The molecule has 1 aromatic rings. The zero-order chi connectivity index (χ0) is 12.3. The monoisotopic (exact) mass is 232 g/mol. The van der Waals surface area contributed by atoms with Crippen LogP contribution >= 0.6 is 0 Å². The number of halogens is 2. The smallest absolute Gasteiger partial charge is 0.311 e. The van der Waals surface area contributed by atoms with Gasteiger partial charge < -0.3 is 10.5 Å². The lowest BCUT2D eigenvalue weighted by Gasteiger charge is -2.11.